The van der Waals surface area contributed by atoms with Crippen molar-refractivity contribution in [3.05, 3.63) is 0 Å². The summed E-state index contributed by atoms with van der Waals surface area (Å²) in [5, 5.41) is 11.5. The zero-order valence-electron chi connectivity index (χ0n) is 10.6. The molecule has 0 aromatic rings. The smallest absolute Gasteiger partial charge is 0.318 e. The van der Waals surface area contributed by atoms with Gasteiger partial charge in [0.1, 0.15) is 5.41 Å². The Kier molecular flexibility index (Phi) is 4.93. The summed E-state index contributed by atoms with van der Waals surface area (Å²) in [6, 6.07) is 0. The van der Waals surface area contributed by atoms with Crippen molar-refractivity contribution in [1.82, 2.24) is 5.32 Å². The molecule has 0 aliphatic carbocycles. The molecule has 0 aromatic carbocycles. The average Bonchev–Trinajstić information content (AvgIpc) is 2.24. The maximum Gasteiger partial charge on any atom is 0.318 e. The Labute approximate surface area is 96.2 Å². The first-order valence-electron chi connectivity index (χ1n) is 5.20. The third kappa shape index (κ3) is 3.48. The number of rotatable bonds is 6. The summed E-state index contributed by atoms with van der Waals surface area (Å²) in [5.41, 5.74) is -1.82. The van der Waals surface area contributed by atoms with E-state index in [-0.39, 0.29) is 6.42 Å². The van der Waals surface area contributed by atoms with Gasteiger partial charge in [0, 0.05) is 14.2 Å². The quantitative estimate of drug-likeness (QED) is 0.669. The summed E-state index contributed by atoms with van der Waals surface area (Å²) in [5.74, 6) is -1.59. The van der Waals surface area contributed by atoms with E-state index in [1.165, 1.54) is 14.0 Å². The number of amides is 1. The number of ether oxygens (including phenoxy) is 1. The lowest BCUT2D eigenvalue weighted by molar-refractivity contribution is -0.155. The molecule has 0 radical (unpaired) electrons. The molecule has 0 fully saturated rings. The van der Waals surface area contributed by atoms with Crippen LogP contribution >= 0.6 is 0 Å². The van der Waals surface area contributed by atoms with E-state index in [0.717, 1.165) is 0 Å². The molecule has 0 saturated heterocycles. The Morgan fingerprint density at radius 3 is 2.06 bits per heavy atom. The van der Waals surface area contributed by atoms with Gasteiger partial charge in [0.05, 0.1) is 5.60 Å². The molecular weight excluding hydrogens is 210 g/mol. The third-order valence-electron chi connectivity index (χ3n) is 2.98. The SMILES string of the molecule is CNC(=O)C(C)(CCC(C)(C)OC)C(=O)O. The molecule has 0 heterocycles. The van der Waals surface area contributed by atoms with Gasteiger partial charge in [0.2, 0.25) is 5.91 Å². The van der Waals surface area contributed by atoms with Crippen molar-refractivity contribution in [2.24, 2.45) is 5.41 Å². The number of carbonyl (C=O) groups excluding carboxylic acids is 1. The molecule has 1 amide bonds. The molecular formula is C11H21NO4. The number of methoxy groups -OCH3 is 1. The van der Waals surface area contributed by atoms with Crippen LogP contribution in [0.3, 0.4) is 0 Å². The van der Waals surface area contributed by atoms with Crippen LogP contribution in [0.25, 0.3) is 0 Å². The molecule has 94 valence electrons. The first-order valence-corrected chi connectivity index (χ1v) is 5.20. The number of carboxylic acid groups (broad SMARTS) is 1. The lowest BCUT2D eigenvalue weighted by Gasteiger charge is -2.28. The molecule has 0 bridgehead atoms. The van der Waals surface area contributed by atoms with Crippen LogP contribution in [0.1, 0.15) is 33.6 Å². The van der Waals surface area contributed by atoms with E-state index in [9.17, 15) is 9.59 Å². The van der Waals surface area contributed by atoms with Gasteiger partial charge in [-0.2, -0.15) is 0 Å². The predicted molar refractivity (Wildman–Crippen MR) is 60.1 cm³/mol. The summed E-state index contributed by atoms with van der Waals surface area (Å²) < 4.78 is 5.20. The summed E-state index contributed by atoms with van der Waals surface area (Å²) in [7, 11) is 3.00. The first kappa shape index (κ1) is 14.9. The topological polar surface area (TPSA) is 75.6 Å². The molecule has 1 unspecified atom stereocenters. The van der Waals surface area contributed by atoms with E-state index in [1.54, 1.807) is 7.11 Å². The van der Waals surface area contributed by atoms with Crippen molar-refractivity contribution in [2.75, 3.05) is 14.2 Å². The highest BCUT2D eigenvalue weighted by Gasteiger charge is 2.41. The lowest BCUT2D eigenvalue weighted by Crippen LogP contribution is -2.44. The standard InChI is InChI=1S/C11H21NO4/c1-10(2,16-5)6-7-11(3,9(14)15)8(13)12-4/h6-7H2,1-5H3,(H,12,13)(H,14,15). The second-order valence-corrected chi connectivity index (χ2v) is 4.68. The van der Waals surface area contributed by atoms with Gasteiger partial charge in [0.25, 0.3) is 0 Å². The average molecular weight is 231 g/mol. The Hall–Kier alpha value is -1.10. The van der Waals surface area contributed by atoms with Crippen molar-refractivity contribution in [1.29, 1.82) is 0 Å². The van der Waals surface area contributed by atoms with Crippen molar-refractivity contribution >= 4 is 11.9 Å². The van der Waals surface area contributed by atoms with Crippen molar-refractivity contribution < 1.29 is 19.4 Å². The highest BCUT2D eigenvalue weighted by Crippen LogP contribution is 2.28. The van der Waals surface area contributed by atoms with Crippen LogP contribution in [-0.2, 0) is 14.3 Å². The third-order valence-corrected chi connectivity index (χ3v) is 2.98. The van der Waals surface area contributed by atoms with Gasteiger partial charge in [0.15, 0.2) is 0 Å². The van der Waals surface area contributed by atoms with Crippen molar-refractivity contribution in [3.8, 4) is 0 Å². The number of hydrogen-bond donors (Lipinski definition) is 2. The van der Waals surface area contributed by atoms with E-state index in [4.69, 9.17) is 9.84 Å². The van der Waals surface area contributed by atoms with Crippen LogP contribution in [0.4, 0.5) is 0 Å². The fourth-order valence-corrected chi connectivity index (χ4v) is 1.25. The van der Waals surface area contributed by atoms with Crippen LogP contribution in [-0.4, -0.2) is 36.7 Å². The van der Waals surface area contributed by atoms with Crippen LogP contribution in [0, 0.1) is 5.41 Å². The number of carbonyl (C=O) groups is 2. The summed E-state index contributed by atoms with van der Waals surface area (Å²) in [4.78, 5) is 22.7. The summed E-state index contributed by atoms with van der Waals surface area (Å²) in [6.07, 6.45) is 0.739. The molecule has 5 nitrogen and oxygen atoms in total. The molecule has 0 saturated carbocycles. The molecule has 0 aliphatic rings. The highest BCUT2D eigenvalue weighted by molar-refractivity contribution is 6.01. The molecule has 0 aromatic heterocycles. The Morgan fingerprint density at radius 1 is 1.25 bits per heavy atom. The predicted octanol–water partition coefficient (Wildman–Crippen LogP) is 1.03. The van der Waals surface area contributed by atoms with Gasteiger partial charge in [-0.05, 0) is 33.6 Å². The van der Waals surface area contributed by atoms with E-state index in [0.29, 0.717) is 6.42 Å². The van der Waals surface area contributed by atoms with E-state index >= 15 is 0 Å². The summed E-state index contributed by atoms with van der Waals surface area (Å²) in [6.45, 7) is 5.15. The van der Waals surface area contributed by atoms with E-state index in [2.05, 4.69) is 5.32 Å². The zero-order chi connectivity index (χ0) is 13.0. The second kappa shape index (κ2) is 5.30. The Balaban J connectivity index is 4.72. The minimum Gasteiger partial charge on any atom is -0.480 e. The largest absolute Gasteiger partial charge is 0.480 e. The number of nitrogens with one attached hydrogen (secondary N) is 1. The van der Waals surface area contributed by atoms with E-state index in [1.807, 2.05) is 13.8 Å². The molecule has 2 N–H and O–H groups in total. The normalized spacial score (nSPS) is 15.3. The number of hydrogen-bond acceptors (Lipinski definition) is 3. The molecule has 1 atom stereocenters. The van der Waals surface area contributed by atoms with Crippen LogP contribution < -0.4 is 5.32 Å². The van der Waals surface area contributed by atoms with Crippen LogP contribution in [0.5, 0.6) is 0 Å². The van der Waals surface area contributed by atoms with Gasteiger partial charge in [-0.15, -0.1) is 0 Å². The summed E-state index contributed by atoms with van der Waals surface area (Å²) >= 11 is 0. The fourth-order valence-electron chi connectivity index (χ4n) is 1.25. The molecule has 0 spiro atoms. The van der Waals surface area contributed by atoms with Gasteiger partial charge in [-0.25, -0.2) is 0 Å². The maximum absolute atomic E-state index is 11.5. The number of carboxylic acids is 1. The zero-order valence-corrected chi connectivity index (χ0v) is 10.6. The van der Waals surface area contributed by atoms with Crippen LogP contribution in [0.15, 0.2) is 0 Å². The second-order valence-electron chi connectivity index (χ2n) is 4.68. The molecule has 5 heteroatoms. The van der Waals surface area contributed by atoms with Crippen molar-refractivity contribution in [2.45, 2.75) is 39.2 Å². The molecule has 0 aliphatic heterocycles. The van der Waals surface area contributed by atoms with Gasteiger partial charge in [-0.3, -0.25) is 9.59 Å². The highest BCUT2D eigenvalue weighted by atomic mass is 16.5. The first-order chi connectivity index (χ1) is 7.19. The van der Waals surface area contributed by atoms with Gasteiger partial charge in [-0.1, -0.05) is 0 Å². The Morgan fingerprint density at radius 2 is 1.75 bits per heavy atom. The van der Waals surface area contributed by atoms with Gasteiger partial charge < -0.3 is 15.2 Å². The number of aliphatic carboxylic acids is 1. The van der Waals surface area contributed by atoms with Crippen molar-refractivity contribution in [3.63, 3.8) is 0 Å². The maximum atomic E-state index is 11.5. The van der Waals surface area contributed by atoms with Crippen LogP contribution in [0.2, 0.25) is 0 Å². The minimum atomic E-state index is -1.40. The molecule has 0 rings (SSSR count). The Bertz CT molecular complexity index is 275. The van der Waals surface area contributed by atoms with Gasteiger partial charge >= 0.3 is 5.97 Å². The lowest BCUT2D eigenvalue weighted by atomic mass is 9.81. The molecule has 16 heavy (non-hydrogen) atoms. The minimum absolute atomic E-state index is 0.239. The monoisotopic (exact) mass is 231 g/mol. The van der Waals surface area contributed by atoms with E-state index < -0.39 is 22.9 Å². The fraction of sp³-hybridized carbons (Fsp3) is 0.818.